The highest BCUT2D eigenvalue weighted by Crippen LogP contribution is 2.40. The van der Waals surface area contributed by atoms with E-state index in [0.717, 1.165) is 6.07 Å². The minimum absolute atomic E-state index is 0.0712. The van der Waals surface area contributed by atoms with Gasteiger partial charge < -0.3 is 4.57 Å². The van der Waals surface area contributed by atoms with E-state index in [1.54, 1.807) is 41.2 Å². The summed E-state index contributed by atoms with van der Waals surface area (Å²) in [7, 11) is 0. The van der Waals surface area contributed by atoms with Gasteiger partial charge in [-0.05, 0) is 42.5 Å². The van der Waals surface area contributed by atoms with Gasteiger partial charge in [-0.15, -0.1) is 0 Å². The zero-order valence-electron chi connectivity index (χ0n) is 19.2. The molecule has 0 radical (unpaired) electrons. The molecule has 5 nitrogen and oxygen atoms in total. The van der Waals surface area contributed by atoms with Crippen molar-refractivity contribution in [3.8, 4) is 34.0 Å². The minimum atomic E-state index is -5.01. The molecule has 0 unspecified atom stereocenters. The molecule has 194 valence electrons. The van der Waals surface area contributed by atoms with Gasteiger partial charge in [-0.2, -0.15) is 36.5 Å². The van der Waals surface area contributed by atoms with Gasteiger partial charge in [-0.25, -0.2) is 14.4 Å². The molecule has 3 aromatic rings. The highest BCUT2D eigenvalue weighted by atomic mass is 19.4. The Bertz CT molecular complexity index is 1560. The standard InChI is InChI=1S/C26H16F7N5/c27-20-4-2-1-3-18(20)24-34-22-10-12-38(14-23(22)35-24)11-9-16-6-8-21(37-36-16)17-7-5-15(25(28,29)30)13-19(17)26(31,32)33/h1-8,10,12-14H,9,11H2. The first kappa shape index (κ1) is 25.3. The second kappa shape index (κ2) is 9.51. The van der Waals surface area contributed by atoms with Gasteiger partial charge in [0.15, 0.2) is 5.82 Å². The van der Waals surface area contributed by atoms with Crippen LogP contribution in [0.3, 0.4) is 0 Å². The monoisotopic (exact) mass is 531 g/mol. The minimum Gasteiger partial charge on any atom is -0.352 e. The highest BCUT2D eigenvalue weighted by Gasteiger charge is 2.38. The molecule has 38 heavy (non-hydrogen) atoms. The van der Waals surface area contributed by atoms with Crippen molar-refractivity contribution in [2.45, 2.75) is 25.3 Å². The predicted octanol–water partition coefficient (Wildman–Crippen LogP) is 6.93. The molecule has 0 atom stereocenters. The first-order valence-corrected chi connectivity index (χ1v) is 11.2. The summed E-state index contributed by atoms with van der Waals surface area (Å²) in [5.74, 6) is -0.171. The van der Waals surface area contributed by atoms with Gasteiger partial charge in [0, 0.05) is 30.9 Å². The van der Waals surface area contributed by atoms with E-state index in [9.17, 15) is 30.7 Å². The molecule has 2 aliphatic rings. The van der Waals surface area contributed by atoms with Gasteiger partial charge in [-0.1, -0.05) is 18.2 Å². The Morgan fingerprint density at radius 3 is 2.16 bits per heavy atom. The Morgan fingerprint density at radius 2 is 1.47 bits per heavy atom. The van der Waals surface area contributed by atoms with E-state index in [4.69, 9.17) is 0 Å². The lowest BCUT2D eigenvalue weighted by Crippen LogP contribution is -2.12. The second-order valence-corrected chi connectivity index (χ2v) is 8.40. The van der Waals surface area contributed by atoms with Crippen LogP contribution >= 0.6 is 0 Å². The summed E-state index contributed by atoms with van der Waals surface area (Å²) in [6.45, 7) is 0.417. The number of hydrogen-bond donors (Lipinski definition) is 0. The Kier molecular flexibility index (Phi) is 6.33. The number of benzene rings is 2. The lowest BCUT2D eigenvalue weighted by Gasteiger charge is -2.15. The largest absolute Gasteiger partial charge is 0.417 e. The highest BCUT2D eigenvalue weighted by molar-refractivity contribution is 5.66. The number of hydrogen-bond acceptors (Lipinski definition) is 4. The smallest absolute Gasteiger partial charge is 0.352 e. The quantitative estimate of drug-likeness (QED) is 0.231. The molecule has 0 bridgehead atoms. The third-order valence-electron chi connectivity index (χ3n) is 5.82. The Labute approximate surface area is 211 Å². The zero-order chi connectivity index (χ0) is 27.1. The van der Waals surface area contributed by atoms with Crippen LogP contribution in [0.2, 0.25) is 0 Å². The average Bonchev–Trinajstić information content (AvgIpc) is 3.30. The van der Waals surface area contributed by atoms with Gasteiger partial charge in [0.2, 0.25) is 0 Å². The topological polar surface area (TPSA) is 56.5 Å². The lowest BCUT2D eigenvalue weighted by molar-refractivity contribution is -0.142. The number of halogens is 7. The van der Waals surface area contributed by atoms with E-state index in [2.05, 4.69) is 20.2 Å². The molecule has 0 aliphatic carbocycles. The zero-order valence-corrected chi connectivity index (χ0v) is 19.2. The molecule has 0 saturated carbocycles. The maximum atomic E-state index is 14.1. The number of aromatic nitrogens is 5. The van der Waals surface area contributed by atoms with Crippen LogP contribution in [0, 0.1) is 5.82 Å². The number of alkyl halides is 6. The summed E-state index contributed by atoms with van der Waals surface area (Å²) in [5, 5.41) is 7.78. The molecule has 0 fully saturated rings. The molecule has 0 spiro atoms. The molecular weight excluding hydrogens is 515 g/mol. The Balaban J connectivity index is 1.33. The third kappa shape index (κ3) is 5.20. The van der Waals surface area contributed by atoms with E-state index < -0.39 is 34.9 Å². The van der Waals surface area contributed by atoms with Crippen LogP contribution in [0.4, 0.5) is 30.7 Å². The average molecular weight is 531 g/mol. The Hall–Kier alpha value is -4.35. The molecule has 2 aliphatic heterocycles. The molecule has 0 N–H and O–H groups in total. The molecule has 1 aromatic heterocycles. The van der Waals surface area contributed by atoms with Crippen LogP contribution in [-0.2, 0) is 25.3 Å². The number of fused-ring (bicyclic) bond motifs is 1. The first-order chi connectivity index (χ1) is 18.0. The fourth-order valence-electron chi connectivity index (χ4n) is 3.91. The summed E-state index contributed by atoms with van der Waals surface area (Å²) in [4.78, 5) is 8.75. The van der Waals surface area contributed by atoms with Crippen molar-refractivity contribution >= 4 is 0 Å². The van der Waals surface area contributed by atoms with E-state index in [1.807, 2.05) is 0 Å². The van der Waals surface area contributed by atoms with Crippen molar-refractivity contribution in [3.63, 3.8) is 0 Å². The van der Waals surface area contributed by atoms with Crippen LogP contribution in [0.5, 0.6) is 0 Å². The van der Waals surface area contributed by atoms with E-state index in [-0.39, 0.29) is 23.1 Å². The molecule has 0 amide bonds. The molecule has 5 rings (SSSR count). The molecule has 3 heterocycles. The SMILES string of the molecule is Fc1ccccc1-c1nc2ccn(CCc3ccc(-c4ccc(C(F)(F)F)cc4C(F)(F)F)nn3)cc-2n1. The number of pyridine rings is 1. The van der Waals surface area contributed by atoms with Crippen LogP contribution < -0.4 is 0 Å². The van der Waals surface area contributed by atoms with E-state index in [0.29, 0.717) is 36.1 Å². The van der Waals surface area contributed by atoms with E-state index >= 15 is 0 Å². The molecule has 0 saturated heterocycles. The van der Waals surface area contributed by atoms with Crippen molar-refractivity contribution < 1.29 is 30.7 Å². The van der Waals surface area contributed by atoms with Crippen LogP contribution in [0.25, 0.3) is 34.0 Å². The van der Waals surface area contributed by atoms with Gasteiger partial charge in [-0.3, -0.25) is 0 Å². The lowest BCUT2D eigenvalue weighted by atomic mass is 10.00. The van der Waals surface area contributed by atoms with Crippen molar-refractivity contribution in [2.75, 3.05) is 0 Å². The fourth-order valence-corrected chi connectivity index (χ4v) is 3.91. The normalized spacial score (nSPS) is 12.3. The number of rotatable bonds is 5. The summed E-state index contributed by atoms with van der Waals surface area (Å²) in [5.41, 5.74) is -1.66. The fraction of sp³-hybridized carbons (Fsp3) is 0.154. The van der Waals surface area contributed by atoms with Gasteiger partial charge in [0.1, 0.15) is 11.5 Å². The van der Waals surface area contributed by atoms with Crippen molar-refractivity contribution in [2.24, 2.45) is 0 Å². The predicted molar refractivity (Wildman–Crippen MR) is 123 cm³/mol. The van der Waals surface area contributed by atoms with Gasteiger partial charge in [0.05, 0.1) is 33.8 Å². The third-order valence-corrected chi connectivity index (χ3v) is 5.82. The van der Waals surface area contributed by atoms with Crippen LogP contribution in [0.15, 0.2) is 73.1 Å². The van der Waals surface area contributed by atoms with Gasteiger partial charge in [0.25, 0.3) is 0 Å². The molecular formula is C26H16F7N5. The maximum absolute atomic E-state index is 14.1. The van der Waals surface area contributed by atoms with Crippen LogP contribution in [-0.4, -0.2) is 24.7 Å². The number of aryl methyl sites for hydroxylation is 2. The number of imidazole rings is 1. The first-order valence-electron chi connectivity index (χ1n) is 11.2. The second-order valence-electron chi connectivity index (χ2n) is 8.40. The Morgan fingerprint density at radius 1 is 0.711 bits per heavy atom. The summed E-state index contributed by atoms with van der Waals surface area (Å²) < 4.78 is 95.1. The summed E-state index contributed by atoms with van der Waals surface area (Å²) in [6.07, 6.45) is -6.09. The summed E-state index contributed by atoms with van der Waals surface area (Å²) >= 11 is 0. The van der Waals surface area contributed by atoms with Crippen molar-refractivity contribution in [1.82, 2.24) is 24.7 Å². The summed E-state index contributed by atoms with van der Waals surface area (Å²) in [6, 6.07) is 12.1. The van der Waals surface area contributed by atoms with Crippen LogP contribution in [0.1, 0.15) is 16.8 Å². The van der Waals surface area contributed by atoms with Crippen molar-refractivity contribution in [3.05, 3.63) is 95.7 Å². The van der Waals surface area contributed by atoms with E-state index in [1.165, 1.54) is 18.2 Å². The van der Waals surface area contributed by atoms with Gasteiger partial charge >= 0.3 is 12.4 Å². The maximum Gasteiger partial charge on any atom is 0.417 e. The van der Waals surface area contributed by atoms with Crippen molar-refractivity contribution in [1.29, 1.82) is 0 Å². The molecule has 2 aromatic carbocycles. The number of nitrogens with zero attached hydrogens (tertiary/aromatic N) is 5. The molecule has 12 heteroatoms.